The molecule has 2 aromatic carbocycles. The summed E-state index contributed by atoms with van der Waals surface area (Å²) in [6.07, 6.45) is 0. The normalized spacial score (nSPS) is 17.4. The molecule has 1 N–H and O–H groups in total. The van der Waals surface area contributed by atoms with Crippen molar-refractivity contribution in [2.45, 2.75) is 13.5 Å². The highest BCUT2D eigenvalue weighted by Crippen LogP contribution is 2.31. The minimum absolute atomic E-state index is 0.0117. The molecule has 158 valence electrons. The van der Waals surface area contributed by atoms with Crippen molar-refractivity contribution < 1.29 is 19.1 Å². The lowest BCUT2D eigenvalue weighted by atomic mass is 10.0. The largest absolute Gasteiger partial charge is 0.379 e. The van der Waals surface area contributed by atoms with E-state index in [0.29, 0.717) is 13.2 Å². The minimum Gasteiger partial charge on any atom is -0.379 e. The molecule has 7 nitrogen and oxygen atoms in total. The van der Waals surface area contributed by atoms with E-state index in [4.69, 9.17) is 9.47 Å². The molecule has 30 heavy (non-hydrogen) atoms. The summed E-state index contributed by atoms with van der Waals surface area (Å²) in [5.74, 6) is -0.112. The fourth-order valence-electron chi connectivity index (χ4n) is 3.90. The molecule has 2 aromatic rings. The lowest BCUT2D eigenvalue weighted by Crippen LogP contribution is -2.43. The van der Waals surface area contributed by atoms with Gasteiger partial charge in [0.25, 0.3) is 5.91 Å². The number of benzene rings is 2. The molecule has 4 rings (SSSR count). The number of fused-ring (bicyclic) bond motifs is 1. The van der Waals surface area contributed by atoms with Gasteiger partial charge in [-0.1, -0.05) is 18.2 Å². The zero-order valence-corrected chi connectivity index (χ0v) is 17.2. The van der Waals surface area contributed by atoms with Crippen LogP contribution in [0.3, 0.4) is 0 Å². The van der Waals surface area contributed by atoms with Crippen LogP contribution in [-0.4, -0.2) is 62.7 Å². The Hall–Kier alpha value is -2.74. The number of morpholine rings is 1. The summed E-state index contributed by atoms with van der Waals surface area (Å²) in [6, 6.07) is 13.8. The van der Waals surface area contributed by atoms with E-state index < -0.39 is 0 Å². The first-order valence-corrected chi connectivity index (χ1v) is 10.3. The van der Waals surface area contributed by atoms with Gasteiger partial charge in [-0.15, -0.1) is 0 Å². The molecule has 1 fully saturated rings. The number of nitrogens with zero attached hydrogens (tertiary/aromatic N) is 2. The maximum atomic E-state index is 12.7. The van der Waals surface area contributed by atoms with Crippen LogP contribution in [0.5, 0.6) is 0 Å². The van der Waals surface area contributed by atoms with E-state index >= 15 is 0 Å². The molecule has 0 atom stereocenters. The van der Waals surface area contributed by atoms with Gasteiger partial charge in [-0.2, -0.15) is 0 Å². The van der Waals surface area contributed by atoms with Crippen LogP contribution >= 0.6 is 0 Å². The van der Waals surface area contributed by atoms with Gasteiger partial charge in [-0.25, -0.2) is 0 Å². The van der Waals surface area contributed by atoms with Gasteiger partial charge < -0.3 is 19.7 Å². The Morgan fingerprint density at radius 2 is 1.80 bits per heavy atom. The number of ether oxygens (including phenoxy) is 2. The molecule has 7 heteroatoms. The van der Waals surface area contributed by atoms with Gasteiger partial charge in [-0.05, 0) is 35.4 Å². The van der Waals surface area contributed by atoms with E-state index in [1.165, 1.54) is 6.92 Å². The van der Waals surface area contributed by atoms with Gasteiger partial charge in [0.15, 0.2) is 0 Å². The van der Waals surface area contributed by atoms with Gasteiger partial charge in [0.1, 0.15) is 6.61 Å². The van der Waals surface area contributed by atoms with Crippen LogP contribution in [0, 0.1) is 0 Å². The Morgan fingerprint density at radius 1 is 1.00 bits per heavy atom. The van der Waals surface area contributed by atoms with Gasteiger partial charge in [0.05, 0.1) is 19.8 Å². The highest BCUT2D eigenvalue weighted by atomic mass is 16.5. The number of carbonyl (C=O) groups is 2. The highest BCUT2D eigenvalue weighted by molar-refractivity contribution is 5.96. The zero-order chi connectivity index (χ0) is 20.9. The summed E-state index contributed by atoms with van der Waals surface area (Å²) in [5.41, 5.74) is 4.68. The molecule has 0 aromatic heterocycles. The average Bonchev–Trinajstić information content (AvgIpc) is 2.90. The molecular formula is C23H27N3O4. The lowest BCUT2D eigenvalue weighted by Gasteiger charge is -2.30. The van der Waals surface area contributed by atoms with E-state index in [2.05, 4.69) is 16.3 Å². The molecule has 0 spiro atoms. The first-order valence-electron chi connectivity index (χ1n) is 10.3. The molecule has 0 bridgehead atoms. The number of carbonyl (C=O) groups excluding carboxylic acids is 2. The maximum Gasteiger partial charge on any atom is 0.253 e. The molecular weight excluding hydrogens is 382 g/mol. The quantitative estimate of drug-likeness (QED) is 0.822. The van der Waals surface area contributed by atoms with E-state index in [1.54, 1.807) is 0 Å². The Labute approximate surface area is 176 Å². The summed E-state index contributed by atoms with van der Waals surface area (Å²) in [7, 11) is 0. The van der Waals surface area contributed by atoms with Crippen LogP contribution in [0.15, 0.2) is 42.5 Å². The van der Waals surface area contributed by atoms with E-state index in [1.807, 2.05) is 41.3 Å². The number of hydrogen-bond acceptors (Lipinski definition) is 5. The molecule has 0 saturated carbocycles. The Balaban J connectivity index is 1.56. The Bertz CT molecular complexity index is 924. The molecule has 2 aliphatic heterocycles. The number of anilines is 2. The molecule has 1 saturated heterocycles. The van der Waals surface area contributed by atoms with E-state index in [-0.39, 0.29) is 18.4 Å². The van der Waals surface area contributed by atoms with Crippen molar-refractivity contribution in [2.75, 3.05) is 56.2 Å². The first-order chi connectivity index (χ1) is 14.6. The summed E-state index contributed by atoms with van der Waals surface area (Å²) < 4.78 is 11.0. The smallest absolute Gasteiger partial charge is 0.253 e. The fraction of sp³-hybridized carbons (Fsp3) is 0.391. The minimum atomic E-state index is -0.100. The van der Waals surface area contributed by atoms with Crippen molar-refractivity contribution in [3.05, 3.63) is 48.0 Å². The predicted octanol–water partition coefficient (Wildman–Crippen LogP) is 2.51. The topological polar surface area (TPSA) is 71.1 Å². The van der Waals surface area contributed by atoms with E-state index in [9.17, 15) is 9.59 Å². The van der Waals surface area contributed by atoms with Crippen LogP contribution in [0.2, 0.25) is 0 Å². The molecule has 0 unspecified atom stereocenters. The van der Waals surface area contributed by atoms with Crippen LogP contribution in [0.4, 0.5) is 11.4 Å². The van der Waals surface area contributed by atoms with Crippen molar-refractivity contribution in [3.63, 3.8) is 0 Å². The summed E-state index contributed by atoms with van der Waals surface area (Å²) in [6.45, 7) is 6.71. The van der Waals surface area contributed by atoms with Gasteiger partial charge in [-0.3, -0.25) is 14.5 Å². The zero-order valence-electron chi connectivity index (χ0n) is 17.2. The summed E-state index contributed by atoms with van der Waals surface area (Å²) in [5, 5.41) is 2.82. The molecule has 0 aliphatic carbocycles. The lowest BCUT2D eigenvalue weighted by molar-refractivity contribution is -0.123. The standard InChI is InChI=1S/C23H27N3O4/c1-17(27)24-21-4-2-3-18(14-21)19-5-6-22-20(13-19)15-30-16-23(28)26(22)8-7-25-9-11-29-12-10-25/h2-6,13-14H,7-12,15-16H2,1H3,(H,24,27). The third-order valence-electron chi connectivity index (χ3n) is 5.41. The monoisotopic (exact) mass is 409 g/mol. The predicted molar refractivity (Wildman–Crippen MR) is 115 cm³/mol. The summed E-state index contributed by atoms with van der Waals surface area (Å²) in [4.78, 5) is 28.2. The summed E-state index contributed by atoms with van der Waals surface area (Å²) >= 11 is 0. The maximum absolute atomic E-state index is 12.7. The Morgan fingerprint density at radius 3 is 2.60 bits per heavy atom. The van der Waals surface area contributed by atoms with Crippen LogP contribution in [-0.2, 0) is 25.7 Å². The SMILES string of the molecule is CC(=O)Nc1cccc(-c2ccc3c(c2)COCC(=O)N3CCN2CCOCC2)c1. The van der Waals surface area contributed by atoms with Crippen molar-refractivity contribution in [1.29, 1.82) is 0 Å². The molecule has 2 amide bonds. The second kappa shape index (κ2) is 9.38. The highest BCUT2D eigenvalue weighted by Gasteiger charge is 2.24. The third kappa shape index (κ3) is 4.87. The number of amides is 2. The number of nitrogens with one attached hydrogen (secondary N) is 1. The van der Waals surface area contributed by atoms with E-state index in [0.717, 1.165) is 60.9 Å². The van der Waals surface area contributed by atoms with Crippen molar-refractivity contribution in [1.82, 2.24) is 4.90 Å². The number of hydrogen-bond donors (Lipinski definition) is 1. The third-order valence-corrected chi connectivity index (χ3v) is 5.41. The first kappa shape index (κ1) is 20.5. The second-order valence-corrected chi connectivity index (χ2v) is 7.60. The molecule has 0 radical (unpaired) electrons. The van der Waals surface area contributed by atoms with Gasteiger partial charge >= 0.3 is 0 Å². The Kier molecular flexibility index (Phi) is 6.42. The second-order valence-electron chi connectivity index (χ2n) is 7.60. The van der Waals surface area contributed by atoms with Crippen molar-refractivity contribution >= 4 is 23.2 Å². The van der Waals surface area contributed by atoms with Crippen LogP contribution < -0.4 is 10.2 Å². The molecule has 2 aliphatic rings. The van der Waals surface area contributed by atoms with Crippen LogP contribution in [0.25, 0.3) is 11.1 Å². The van der Waals surface area contributed by atoms with Gasteiger partial charge in [0.2, 0.25) is 5.91 Å². The van der Waals surface area contributed by atoms with Crippen molar-refractivity contribution in [2.24, 2.45) is 0 Å². The molecule has 2 heterocycles. The van der Waals surface area contributed by atoms with Crippen LogP contribution in [0.1, 0.15) is 12.5 Å². The fourth-order valence-corrected chi connectivity index (χ4v) is 3.90. The number of rotatable bonds is 5. The average molecular weight is 409 g/mol. The van der Waals surface area contributed by atoms with Crippen molar-refractivity contribution in [3.8, 4) is 11.1 Å². The van der Waals surface area contributed by atoms with Gasteiger partial charge in [0, 0.05) is 50.0 Å².